The van der Waals surface area contributed by atoms with Crippen LogP contribution in [0.1, 0.15) is 26.5 Å². The molecule has 33 heavy (non-hydrogen) atoms. The second-order valence-corrected chi connectivity index (χ2v) is 8.53. The molecule has 0 spiro atoms. The van der Waals surface area contributed by atoms with E-state index in [4.69, 9.17) is 10.2 Å². The molecule has 5 rings (SSSR count). The molecular weight excluding hydrogens is 436 g/mol. The molecule has 0 radical (unpaired) electrons. The Morgan fingerprint density at radius 2 is 1.79 bits per heavy atom. The number of allylic oxidation sites excluding steroid dienone is 1. The zero-order valence-corrected chi connectivity index (χ0v) is 18.1. The maximum Gasteiger partial charge on any atom is 0.259 e. The molecule has 1 aliphatic heterocycles. The minimum absolute atomic E-state index is 0.0280. The average Bonchev–Trinajstić information content (AvgIpc) is 3.41. The molecule has 0 atom stereocenters. The second-order valence-electron chi connectivity index (χ2n) is 7.45. The first-order valence-electron chi connectivity index (χ1n) is 10.1. The van der Waals surface area contributed by atoms with E-state index in [-0.39, 0.29) is 17.1 Å². The number of fused-ring (bicyclic) bond motifs is 1. The number of phenols is 1. The highest BCUT2D eigenvalue weighted by molar-refractivity contribution is 8.04. The monoisotopic (exact) mass is 454 g/mol. The van der Waals surface area contributed by atoms with Gasteiger partial charge >= 0.3 is 0 Å². The maximum absolute atomic E-state index is 12.7. The molecule has 4 aromatic rings. The number of rotatable bonds is 4. The summed E-state index contributed by atoms with van der Waals surface area (Å²) >= 11 is 1.41. The molecule has 1 aliphatic rings. The molecule has 1 amide bonds. The summed E-state index contributed by atoms with van der Waals surface area (Å²) in [5.74, 6) is 0.399. The zero-order chi connectivity index (χ0) is 22.9. The number of phenolic OH excluding ortho intramolecular Hbond substituents is 1. The van der Waals surface area contributed by atoms with Crippen LogP contribution in [0.2, 0.25) is 0 Å². The number of nitrogen functional groups attached to an aromatic ring is 1. The Hall–Kier alpha value is -4.23. The van der Waals surface area contributed by atoms with Gasteiger partial charge in [-0.1, -0.05) is 23.9 Å². The van der Waals surface area contributed by atoms with Crippen LogP contribution in [0.15, 0.2) is 93.1 Å². The lowest BCUT2D eigenvalue weighted by Gasteiger charge is -2.08. The van der Waals surface area contributed by atoms with Crippen molar-refractivity contribution >= 4 is 40.9 Å². The van der Waals surface area contributed by atoms with E-state index in [1.165, 1.54) is 17.8 Å². The van der Waals surface area contributed by atoms with Crippen molar-refractivity contribution in [2.45, 2.75) is 4.90 Å². The second kappa shape index (κ2) is 8.37. The first kappa shape index (κ1) is 20.7. The number of hydrogen-bond donors (Lipinski definition) is 3. The number of benzene rings is 3. The van der Waals surface area contributed by atoms with Crippen LogP contribution in [-0.4, -0.2) is 16.8 Å². The lowest BCUT2D eigenvalue weighted by atomic mass is 10.1. The Labute approximate surface area is 193 Å². The van der Waals surface area contributed by atoms with E-state index in [9.17, 15) is 14.7 Å². The van der Waals surface area contributed by atoms with Gasteiger partial charge in [-0.05, 0) is 72.8 Å². The van der Waals surface area contributed by atoms with Crippen molar-refractivity contribution in [2.24, 2.45) is 0 Å². The van der Waals surface area contributed by atoms with Crippen LogP contribution in [0.3, 0.4) is 0 Å². The first-order valence-corrected chi connectivity index (χ1v) is 10.9. The molecule has 0 unspecified atom stereocenters. The molecule has 0 bridgehead atoms. The molecule has 6 nitrogen and oxygen atoms in total. The predicted molar refractivity (Wildman–Crippen MR) is 129 cm³/mol. The summed E-state index contributed by atoms with van der Waals surface area (Å²) in [6.07, 6.45) is 1.71. The van der Waals surface area contributed by atoms with E-state index in [2.05, 4.69) is 5.32 Å². The molecule has 0 aliphatic carbocycles. The number of nitrogens with two attached hydrogens (primary N) is 1. The van der Waals surface area contributed by atoms with Gasteiger partial charge in [0.05, 0.1) is 10.5 Å². The summed E-state index contributed by atoms with van der Waals surface area (Å²) in [5.41, 5.74) is 8.24. The van der Waals surface area contributed by atoms with E-state index in [0.29, 0.717) is 38.9 Å². The van der Waals surface area contributed by atoms with Gasteiger partial charge in [0.25, 0.3) is 5.91 Å². The van der Waals surface area contributed by atoms with Crippen LogP contribution in [-0.2, 0) is 0 Å². The molecule has 1 aromatic heterocycles. The van der Waals surface area contributed by atoms with Gasteiger partial charge in [-0.15, -0.1) is 0 Å². The van der Waals surface area contributed by atoms with Crippen molar-refractivity contribution < 1.29 is 19.1 Å². The fourth-order valence-electron chi connectivity index (χ4n) is 3.49. The Bertz CT molecular complexity index is 1420. The van der Waals surface area contributed by atoms with Crippen molar-refractivity contribution in [3.63, 3.8) is 0 Å². The number of thioether (sulfide) groups is 1. The molecule has 0 saturated carbocycles. The smallest absolute Gasteiger partial charge is 0.259 e. The number of amides is 1. The third kappa shape index (κ3) is 4.14. The Morgan fingerprint density at radius 3 is 2.58 bits per heavy atom. The molecule has 2 heterocycles. The Balaban J connectivity index is 1.38. The lowest BCUT2D eigenvalue weighted by Crippen LogP contribution is -2.12. The number of carbonyl (C=O) groups excluding carboxylic acids is 2. The quantitative estimate of drug-likeness (QED) is 0.265. The van der Waals surface area contributed by atoms with Crippen LogP contribution < -0.4 is 11.1 Å². The fourth-order valence-corrected chi connectivity index (χ4v) is 4.52. The number of furan rings is 1. The van der Waals surface area contributed by atoms with Crippen molar-refractivity contribution in [3.8, 4) is 17.1 Å². The fraction of sp³-hybridized carbons (Fsp3) is 0. The highest BCUT2D eigenvalue weighted by atomic mass is 32.2. The third-order valence-electron chi connectivity index (χ3n) is 5.17. The van der Waals surface area contributed by atoms with Crippen molar-refractivity contribution in [2.75, 3.05) is 11.1 Å². The van der Waals surface area contributed by atoms with Gasteiger partial charge in [0.2, 0.25) is 5.78 Å². The van der Waals surface area contributed by atoms with Gasteiger partial charge in [-0.25, -0.2) is 0 Å². The van der Waals surface area contributed by atoms with Crippen LogP contribution in [0, 0.1) is 0 Å². The summed E-state index contributed by atoms with van der Waals surface area (Å²) in [5, 5.41) is 13.0. The summed E-state index contributed by atoms with van der Waals surface area (Å²) in [6.45, 7) is 0. The third-order valence-corrected chi connectivity index (χ3v) is 6.27. The Morgan fingerprint density at radius 1 is 1.00 bits per heavy atom. The summed E-state index contributed by atoms with van der Waals surface area (Å²) in [6, 6.07) is 22.4. The average molecular weight is 455 g/mol. The number of Topliss-reactive ketones (excluding diaryl/α,β-unsaturated/α-hetero) is 1. The summed E-state index contributed by atoms with van der Waals surface area (Å²) in [4.78, 5) is 26.8. The van der Waals surface area contributed by atoms with Gasteiger partial charge in [0.15, 0.2) is 0 Å². The molecule has 162 valence electrons. The minimum Gasteiger partial charge on any atom is -0.507 e. The molecule has 0 saturated heterocycles. The largest absolute Gasteiger partial charge is 0.507 e. The zero-order valence-electron chi connectivity index (χ0n) is 17.2. The van der Waals surface area contributed by atoms with Crippen molar-refractivity contribution in [1.82, 2.24) is 0 Å². The van der Waals surface area contributed by atoms with Crippen LogP contribution in [0.5, 0.6) is 5.75 Å². The van der Waals surface area contributed by atoms with Gasteiger partial charge in [-0.2, -0.15) is 0 Å². The number of anilines is 2. The molecule has 3 aromatic carbocycles. The molecule has 7 heteroatoms. The van der Waals surface area contributed by atoms with Gasteiger partial charge in [0.1, 0.15) is 17.3 Å². The van der Waals surface area contributed by atoms with E-state index < -0.39 is 5.91 Å². The number of carbonyl (C=O) groups is 2. The standard InChI is InChI=1S/C26H18N2O4S/c27-16-6-8-17(9-7-16)28-26(31)20-13-15(5-11-21(20)29)22-12-10-18(32-22)14-24-25(30)19-3-1-2-4-23(19)33-24/h1-14,29H,27H2,(H,28,31). The van der Waals surface area contributed by atoms with E-state index in [0.717, 1.165) is 4.90 Å². The molecule has 4 N–H and O–H groups in total. The van der Waals surface area contributed by atoms with E-state index in [1.807, 2.05) is 24.3 Å². The first-order chi connectivity index (χ1) is 16.0. The number of aromatic hydroxyl groups is 1. The van der Waals surface area contributed by atoms with Gasteiger partial charge < -0.3 is 20.6 Å². The van der Waals surface area contributed by atoms with Crippen LogP contribution in [0.25, 0.3) is 17.4 Å². The molecule has 0 fully saturated rings. The highest BCUT2D eigenvalue weighted by Crippen LogP contribution is 2.41. The minimum atomic E-state index is -0.460. The van der Waals surface area contributed by atoms with E-state index in [1.54, 1.807) is 54.6 Å². The lowest BCUT2D eigenvalue weighted by molar-refractivity contribution is 0.102. The summed E-state index contributed by atoms with van der Waals surface area (Å²) in [7, 11) is 0. The number of ketones is 1. The predicted octanol–water partition coefficient (Wildman–Crippen LogP) is 5.82. The molecular formula is C26H18N2O4S. The number of nitrogens with one attached hydrogen (secondary N) is 1. The SMILES string of the molecule is Nc1ccc(NC(=O)c2cc(-c3ccc(C=C4Sc5ccccc5C4=O)o3)ccc2O)cc1. The maximum atomic E-state index is 12.7. The van der Waals surface area contributed by atoms with Crippen molar-refractivity contribution in [1.29, 1.82) is 0 Å². The van der Waals surface area contributed by atoms with E-state index >= 15 is 0 Å². The topological polar surface area (TPSA) is 106 Å². The van der Waals surface area contributed by atoms with Crippen LogP contribution in [0.4, 0.5) is 11.4 Å². The normalized spacial score (nSPS) is 13.8. The number of hydrogen-bond acceptors (Lipinski definition) is 6. The van der Waals surface area contributed by atoms with Crippen molar-refractivity contribution in [3.05, 3.63) is 101 Å². The Kier molecular flexibility index (Phi) is 5.24. The summed E-state index contributed by atoms with van der Waals surface area (Å²) < 4.78 is 5.92. The van der Waals surface area contributed by atoms with Gasteiger partial charge in [0, 0.05) is 27.4 Å². The highest BCUT2D eigenvalue weighted by Gasteiger charge is 2.25. The van der Waals surface area contributed by atoms with Crippen LogP contribution >= 0.6 is 11.8 Å². The van der Waals surface area contributed by atoms with Gasteiger partial charge in [-0.3, -0.25) is 9.59 Å².